The standard InChI is InChI=1S/C60H117NO8/c1-3-5-7-9-11-13-15-16-17-18-19-20-21-22-23-24-25-26-27-28-29-30-31-32-33-34-35-36-37-38-40-42-44-46-48-50-56(64)61-53(52-68-60-59(67)58(66)57(65)55(51-62)69-60)54(63)49-47-45-43-41-39-14-12-10-8-6-4-2/h47,49,53-55,57-60,62-63,65-67H,3-46,48,50-52H2,1-2H3,(H,61,64)/b49-47+/t53-,54+,55+,57+,58?,59?,60+/m0/s1. The number of aliphatic hydroxyl groups excluding tert-OH is 5. The molecule has 2 unspecified atom stereocenters. The summed E-state index contributed by atoms with van der Waals surface area (Å²) in [4.78, 5) is 13.0. The van der Waals surface area contributed by atoms with E-state index in [0.717, 1.165) is 38.5 Å². The molecule has 0 aliphatic carbocycles. The maximum absolute atomic E-state index is 13.0. The molecule has 69 heavy (non-hydrogen) atoms. The number of hydrogen-bond acceptors (Lipinski definition) is 8. The lowest BCUT2D eigenvalue weighted by Gasteiger charge is -2.40. The van der Waals surface area contributed by atoms with E-state index in [4.69, 9.17) is 9.47 Å². The monoisotopic (exact) mass is 980 g/mol. The summed E-state index contributed by atoms with van der Waals surface area (Å²) < 4.78 is 11.2. The minimum Gasteiger partial charge on any atom is -0.394 e. The van der Waals surface area contributed by atoms with Crippen LogP contribution in [0.1, 0.15) is 309 Å². The van der Waals surface area contributed by atoms with Crippen molar-refractivity contribution in [2.24, 2.45) is 0 Å². The second-order valence-electron chi connectivity index (χ2n) is 21.5. The van der Waals surface area contributed by atoms with Crippen LogP contribution in [-0.4, -0.2) is 87.5 Å². The average molecular weight is 981 g/mol. The molecule has 1 heterocycles. The quantitative estimate of drug-likeness (QED) is 0.0261. The molecule has 0 aromatic carbocycles. The Morgan fingerprint density at radius 3 is 1.13 bits per heavy atom. The van der Waals surface area contributed by atoms with Crippen molar-refractivity contribution in [3.8, 4) is 0 Å². The van der Waals surface area contributed by atoms with E-state index >= 15 is 0 Å². The first-order valence-electron chi connectivity index (χ1n) is 30.4. The normalized spacial score (nSPS) is 19.4. The van der Waals surface area contributed by atoms with Gasteiger partial charge in [-0.05, 0) is 19.3 Å². The Bertz CT molecular complexity index is 1090. The summed E-state index contributed by atoms with van der Waals surface area (Å²) >= 11 is 0. The summed E-state index contributed by atoms with van der Waals surface area (Å²) in [5.74, 6) is -0.171. The van der Waals surface area contributed by atoms with Crippen LogP contribution in [0.25, 0.3) is 0 Å². The number of unbranched alkanes of at least 4 members (excludes halogenated alkanes) is 43. The molecule has 0 spiro atoms. The number of aliphatic hydroxyl groups is 5. The van der Waals surface area contributed by atoms with Gasteiger partial charge in [-0.3, -0.25) is 4.79 Å². The first-order chi connectivity index (χ1) is 33.8. The Morgan fingerprint density at radius 1 is 0.478 bits per heavy atom. The van der Waals surface area contributed by atoms with E-state index in [-0.39, 0.29) is 12.5 Å². The Kier molecular flexibility index (Phi) is 48.2. The molecular formula is C60H117NO8. The van der Waals surface area contributed by atoms with E-state index in [9.17, 15) is 30.3 Å². The number of nitrogens with one attached hydrogen (secondary N) is 1. The predicted molar refractivity (Wildman–Crippen MR) is 291 cm³/mol. The second kappa shape index (κ2) is 50.5. The van der Waals surface area contributed by atoms with Crippen molar-refractivity contribution in [2.75, 3.05) is 13.2 Å². The zero-order valence-electron chi connectivity index (χ0n) is 45.6. The number of ether oxygens (including phenoxy) is 2. The van der Waals surface area contributed by atoms with Crippen LogP contribution in [0, 0.1) is 0 Å². The van der Waals surface area contributed by atoms with E-state index in [1.165, 1.54) is 250 Å². The largest absolute Gasteiger partial charge is 0.394 e. The van der Waals surface area contributed by atoms with Gasteiger partial charge in [-0.1, -0.05) is 296 Å². The molecule has 1 aliphatic heterocycles. The number of carbonyl (C=O) groups excluding carboxylic acids is 1. The molecule has 9 heteroatoms. The van der Waals surface area contributed by atoms with Crippen molar-refractivity contribution in [3.05, 3.63) is 12.2 Å². The Hall–Kier alpha value is -1.07. The van der Waals surface area contributed by atoms with Gasteiger partial charge < -0.3 is 40.3 Å². The van der Waals surface area contributed by atoms with Crippen molar-refractivity contribution in [1.29, 1.82) is 0 Å². The first-order valence-corrected chi connectivity index (χ1v) is 30.4. The SMILES string of the molecule is CCCCCCCCCCC/C=C/[C@@H](O)[C@H](CO[C@@H]1O[C@H](CO)[C@@H](O)C(O)C1O)NC(=O)CCCCCCCCCCCCCCCCCCCCCCCCCCCCCCCCCCCCC. The van der Waals surface area contributed by atoms with E-state index in [2.05, 4.69) is 19.2 Å². The van der Waals surface area contributed by atoms with Gasteiger partial charge in [-0.2, -0.15) is 0 Å². The van der Waals surface area contributed by atoms with Crippen molar-refractivity contribution in [1.82, 2.24) is 5.32 Å². The maximum Gasteiger partial charge on any atom is 0.220 e. The molecule has 0 saturated carbocycles. The van der Waals surface area contributed by atoms with Gasteiger partial charge in [-0.25, -0.2) is 0 Å². The molecule has 1 saturated heterocycles. The summed E-state index contributed by atoms with van der Waals surface area (Å²) in [6.45, 7) is 3.79. The number of rotatable bonds is 53. The number of amides is 1. The Labute approximate surface area is 426 Å². The summed E-state index contributed by atoms with van der Waals surface area (Å²) in [5.41, 5.74) is 0. The van der Waals surface area contributed by atoms with Gasteiger partial charge in [0.15, 0.2) is 6.29 Å². The number of hydrogen-bond donors (Lipinski definition) is 6. The summed E-state index contributed by atoms with van der Waals surface area (Å²) in [5, 5.41) is 54.3. The highest BCUT2D eigenvalue weighted by Crippen LogP contribution is 2.23. The summed E-state index contributed by atoms with van der Waals surface area (Å²) in [6.07, 6.45) is 56.1. The van der Waals surface area contributed by atoms with Crippen LogP contribution >= 0.6 is 0 Å². The van der Waals surface area contributed by atoms with E-state index in [1.54, 1.807) is 6.08 Å². The molecule has 9 nitrogen and oxygen atoms in total. The fourth-order valence-electron chi connectivity index (χ4n) is 10.0. The fourth-order valence-corrected chi connectivity index (χ4v) is 10.0. The molecule has 1 rings (SSSR count). The van der Waals surface area contributed by atoms with Crippen molar-refractivity contribution in [2.45, 2.75) is 352 Å². The highest BCUT2D eigenvalue weighted by Gasteiger charge is 2.44. The van der Waals surface area contributed by atoms with Crippen molar-refractivity contribution in [3.63, 3.8) is 0 Å². The lowest BCUT2D eigenvalue weighted by atomic mass is 9.99. The van der Waals surface area contributed by atoms with Gasteiger partial charge in [-0.15, -0.1) is 0 Å². The molecular weight excluding hydrogens is 863 g/mol. The van der Waals surface area contributed by atoms with Crippen LogP contribution in [0.3, 0.4) is 0 Å². The van der Waals surface area contributed by atoms with Crippen molar-refractivity contribution >= 4 is 5.91 Å². The van der Waals surface area contributed by atoms with Gasteiger partial charge in [0.25, 0.3) is 0 Å². The smallest absolute Gasteiger partial charge is 0.220 e. The van der Waals surface area contributed by atoms with Gasteiger partial charge >= 0.3 is 0 Å². The van der Waals surface area contributed by atoms with Gasteiger partial charge in [0.05, 0.1) is 25.4 Å². The molecule has 0 bridgehead atoms. The zero-order chi connectivity index (χ0) is 50.1. The van der Waals surface area contributed by atoms with E-state index in [1.807, 2.05) is 6.08 Å². The van der Waals surface area contributed by atoms with Gasteiger partial charge in [0, 0.05) is 6.42 Å². The molecule has 410 valence electrons. The van der Waals surface area contributed by atoms with Crippen LogP contribution in [0.15, 0.2) is 12.2 Å². The third kappa shape index (κ3) is 40.1. The Morgan fingerprint density at radius 2 is 0.797 bits per heavy atom. The third-order valence-corrected chi connectivity index (χ3v) is 14.9. The second-order valence-corrected chi connectivity index (χ2v) is 21.5. The minimum atomic E-state index is -1.56. The minimum absolute atomic E-state index is 0.171. The third-order valence-electron chi connectivity index (χ3n) is 14.9. The lowest BCUT2D eigenvalue weighted by molar-refractivity contribution is -0.302. The summed E-state index contributed by atoms with van der Waals surface area (Å²) in [6, 6.07) is -0.799. The van der Waals surface area contributed by atoms with Gasteiger partial charge in [0.1, 0.15) is 24.4 Å². The van der Waals surface area contributed by atoms with Crippen molar-refractivity contribution < 1.29 is 39.8 Å². The zero-order valence-corrected chi connectivity index (χ0v) is 45.6. The molecule has 0 radical (unpaired) electrons. The van der Waals surface area contributed by atoms with Crippen LogP contribution in [0.4, 0.5) is 0 Å². The molecule has 1 aliphatic rings. The highest BCUT2D eigenvalue weighted by atomic mass is 16.7. The molecule has 0 aromatic rings. The first kappa shape index (κ1) is 65.9. The molecule has 1 fully saturated rings. The van der Waals surface area contributed by atoms with Crippen LogP contribution in [-0.2, 0) is 14.3 Å². The van der Waals surface area contributed by atoms with E-state index in [0.29, 0.717) is 6.42 Å². The number of allylic oxidation sites excluding steroid dienone is 1. The predicted octanol–water partition coefficient (Wildman–Crippen LogP) is 15.2. The molecule has 1 amide bonds. The lowest BCUT2D eigenvalue weighted by Crippen LogP contribution is -2.60. The van der Waals surface area contributed by atoms with E-state index < -0.39 is 49.5 Å². The summed E-state index contributed by atoms with van der Waals surface area (Å²) in [7, 11) is 0. The maximum atomic E-state index is 13.0. The topological polar surface area (TPSA) is 149 Å². The van der Waals surface area contributed by atoms with Crippen LogP contribution in [0.2, 0.25) is 0 Å². The molecule has 0 aromatic heterocycles. The highest BCUT2D eigenvalue weighted by molar-refractivity contribution is 5.76. The van der Waals surface area contributed by atoms with Crippen LogP contribution < -0.4 is 5.32 Å². The van der Waals surface area contributed by atoms with Crippen LogP contribution in [0.5, 0.6) is 0 Å². The van der Waals surface area contributed by atoms with Gasteiger partial charge in [0.2, 0.25) is 5.91 Å². The number of carbonyl (C=O) groups is 1. The Balaban J connectivity index is 2.03. The molecule has 7 atom stereocenters. The average Bonchev–Trinajstić information content (AvgIpc) is 3.35. The fraction of sp³-hybridized carbons (Fsp3) is 0.950. The molecule has 6 N–H and O–H groups in total.